The van der Waals surface area contributed by atoms with Crippen molar-refractivity contribution in [2.75, 3.05) is 44.6 Å². The molecule has 1 saturated heterocycles. The van der Waals surface area contributed by atoms with Crippen LogP contribution in [0.5, 0.6) is 0 Å². The molecule has 8 nitrogen and oxygen atoms in total. The van der Waals surface area contributed by atoms with Gasteiger partial charge in [0.25, 0.3) is 11.5 Å². The maximum absolute atomic E-state index is 14.9. The average Bonchev–Trinajstić information content (AvgIpc) is 2.87. The number of fused-ring (bicyclic) bond motifs is 2. The minimum atomic E-state index is -0.665. The third-order valence-electron chi connectivity index (χ3n) is 7.00. The Balaban J connectivity index is 1.35. The summed E-state index contributed by atoms with van der Waals surface area (Å²) in [5.74, 6) is -1.17. The number of amides is 2. The number of H-pyrrole nitrogens is 1. The van der Waals surface area contributed by atoms with E-state index < -0.39 is 11.4 Å². The van der Waals surface area contributed by atoms with Gasteiger partial charge in [-0.05, 0) is 60.2 Å². The lowest BCUT2D eigenvalue weighted by Gasteiger charge is -2.36. The summed E-state index contributed by atoms with van der Waals surface area (Å²) in [5, 5.41) is 7.64. The van der Waals surface area contributed by atoms with Crippen LogP contribution < -0.4 is 16.2 Å². The van der Waals surface area contributed by atoms with Gasteiger partial charge in [0.2, 0.25) is 5.91 Å². The molecule has 5 rings (SSSR count). The smallest absolute Gasteiger partial charge is 0.270 e. The molecule has 3 aromatic rings. The normalized spacial score (nSPS) is 17.6. The molecule has 1 aromatic heterocycles. The van der Waals surface area contributed by atoms with Crippen LogP contribution in [0.3, 0.4) is 0 Å². The minimum Gasteiger partial charge on any atom is -0.374 e. The van der Waals surface area contributed by atoms with Crippen LogP contribution in [0.2, 0.25) is 10.0 Å². The fourth-order valence-corrected chi connectivity index (χ4v) is 5.79. The summed E-state index contributed by atoms with van der Waals surface area (Å²) in [7, 11) is 0. The van der Waals surface area contributed by atoms with Crippen LogP contribution in [0, 0.1) is 5.82 Å². The Morgan fingerprint density at radius 3 is 2.62 bits per heavy atom. The molecular formula is C26H26Cl2FN5O3. The van der Waals surface area contributed by atoms with Crippen molar-refractivity contribution < 1.29 is 14.0 Å². The predicted octanol–water partition coefficient (Wildman–Crippen LogP) is 3.58. The molecule has 2 aliphatic rings. The quantitative estimate of drug-likeness (QED) is 0.465. The fraction of sp³-hybridized carbons (Fsp3) is 0.346. The third-order valence-corrected chi connectivity index (χ3v) is 7.54. The van der Waals surface area contributed by atoms with Crippen LogP contribution in [-0.2, 0) is 11.2 Å². The Hall–Kier alpha value is -3.14. The van der Waals surface area contributed by atoms with Gasteiger partial charge in [-0.15, -0.1) is 0 Å². The van der Waals surface area contributed by atoms with E-state index >= 15 is 0 Å². The number of anilines is 1. The van der Waals surface area contributed by atoms with E-state index in [0.717, 1.165) is 17.2 Å². The molecule has 2 amide bonds. The zero-order valence-corrected chi connectivity index (χ0v) is 21.7. The van der Waals surface area contributed by atoms with Crippen LogP contribution in [0.25, 0.3) is 10.8 Å². The topological polar surface area (TPSA) is 97.5 Å². The standard InChI is InChI=1S/C26H26Cl2FN5O3/c1-14-24-15(8-17(27)11-19(24)28)2-5-34(14)23(35)13-31-21-9-16-10-22(26(37)33-6-3-30-4-7-33)32-25(36)18(16)12-20(21)29/h8-12,14,30-31H,2-7,13H2,1H3,(H,32,36). The molecule has 0 spiro atoms. The number of hydrogen-bond donors (Lipinski definition) is 3. The first-order chi connectivity index (χ1) is 17.7. The number of pyridine rings is 1. The lowest BCUT2D eigenvalue weighted by Crippen LogP contribution is -2.46. The van der Waals surface area contributed by atoms with E-state index in [1.165, 1.54) is 6.07 Å². The SMILES string of the molecule is CC1c2c(Cl)cc(Cl)cc2CCN1C(=O)CNc1cc2cc(C(=O)N3CCNCC3)[nH]c(=O)c2cc1F. The highest BCUT2D eigenvalue weighted by Gasteiger charge is 2.29. The van der Waals surface area contributed by atoms with E-state index in [-0.39, 0.29) is 41.2 Å². The molecule has 11 heteroatoms. The number of aromatic nitrogens is 1. The molecule has 3 heterocycles. The number of carbonyl (C=O) groups excluding carboxylic acids is 2. The summed E-state index contributed by atoms with van der Waals surface area (Å²) in [6, 6.07) is 7.38. The molecule has 3 N–H and O–H groups in total. The van der Waals surface area contributed by atoms with Gasteiger partial charge in [0.1, 0.15) is 11.5 Å². The number of carbonyl (C=O) groups is 2. The van der Waals surface area contributed by atoms with Crippen LogP contribution >= 0.6 is 23.2 Å². The summed E-state index contributed by atoms with van der Waals surface area (Å²) in [6.07, 6.45) is 0.614. The average molecular weight is 546 g/mol. The molecule has 37 heavy (non-hydrogen) atoms. The number of halogens is 3. The van der Waals surface area contributed by atoms with Crippen molar-refractivity contribution in [1.82, 2.24) is 20.1 Å². The summed E-state index contributed by atoms with van der Waals surface area (Å²) in [6.45, 7) is 4.66. The number of nitrogens with zero attached hydrogens (tertiary/aromatic N) is 2. The first-order valence-electron chi connectivity index (χ1n) is 12.1. The number of aromatic amines is 1. The van der Waals surface area contributed by atoms with Gasteiger partial charge >= 0.3 is 0 Å². The highest BCUT2D eigenvalue weighted by molar-refractivity contribution is 6.35. The van der Waals surface area contributed by atoms with E-state index in [1.54, 1.807) is 21.9 Å². The lowest BCUT2D eigenvalue weighted by atomic mass is 9.93. The summed E-state index contributed by atoms with van der Waals surface area (Å²) < 4.78 is 14.9. The zero-order valence-electron chi connectivity index (χ0n) is 20.2. The van der Waals surface area contributed by atoms with Gasteiger partial charge in [-0.25, -0.2) is 4.39 Å². The molecule has 2 aliphatic heterocycles. The van der Waals surface area contributed by atoms with Crippen molar-refractivity contribution in [2.24, 2.45) is 0 Å². The molecule has 0 bridgehead atoms. The molecule has 0 aliphatic carbocycles. The minimum absolute atomic E-state index is 0.0712. The van der Waals surface area contributed by atoms with Crippen LogP contribution in [-0.4, -0.2) is 65.9 Å². The molecule has 1 fully saturated rings. The second-order valence-electron chi connectivity index (χ2n) is 9.30. The Labute approximate surface area is 222 Å². The van der Waals surface area contributed by atoms with Crippen molar-refractivity contribution in [3.63, 3.8) is 0 Å². The van der Waals surface area contributed by atoms with E-state index in [9.17, 15) is 18.8 Å². The second kappa shape index (κ2) is 10.3. The van der Waals surface area contributed by atoms with Crippen LogP contribution in [0.1, 0.15) is 34.6 Å². The molecule has 1 atom stereocenters. The second-order valence-corrected chi connectivity index (χ2v) is 10.1. The van der Waals surface area contributed by atoms with E-state index in [1.807, 2.05) is 13.0 Å². The fourth-order valence-electron chi connectivity index (χ4n) is 5.09. The van der Waals surface area contributed by atoms with Gasteiger partial charge in [-0.1, -0.05) is 23.2 Å². The molecule has 0 radical (unpaired) electrons. The largest absolute Gasteiger partial charge is 0.374 e. The van der Waals surface area contributed by atoms with Gasteiger partial charge in [0.05, 0.1) is 23.7 Å². The highest BCUT2D eigenvalue weighted by atomic mass is 35.5. The Bertz CT molecular complexity index is 1450. The Kier molecular flexibility index (Phi) is 7.11. The third kappa shape index (κ3) is 5.03. The van der Waals surface area contributed by atoms with E-state index in [2.05, 4.69) is 15.6 Å². The number of piperazine rings is 1. The monoisotopic (exact) mass is 545 g/mol. The zero-order chi connectivity index (χ0) is 26.3. The van der Waals surface area contributed by atoms with Gasteiger partial charge in [-0.2, -0.15) is 0 Å². The van der Waals surface area contributed by atoms with Gasteiger partial charge in [0, 0.05) is 42.8 Å². The van der Waals surface area contributed by atoms with E-state index in [4.69, 9.17) is 23.2 Å². The van der Waals surface area contributed by atoms with Crippen molar-refractivity contribution in [2.45, 2.75) is 19.4 Å². The van der Waals surface area contributed by atoms with Crippen LogP contribution in [0.15, 0.2) is 35.1 Å². The lowest BCUT2D eigenvalue weighted by molar-refractivity contribution is -0.131. The maximum Gasteiger partial charge on any atom is 0.270 e. The van der Waals surface area contributed by atoms with Crippen LogP contribution in [0.4, 0.5) is 10.1 Å². The van der Waals surface area contributed by atoms with E-state index in [0.29, 0.717) is 54.6 Å². The van der Waals surface area contributed by atoms with Crippen molar-refractivity contribution in [3.8, 4) is 0 Å². The number of benzene rings is 2. The van der Waals surface area contributed by atoms with Gasteiger partial charge in [0.15, 0.2) is 0 Å². The molecule has 0 saturated carbocycles. The van der Waals surface area contributed by atoms with Gasteiger partial charge < -0.3 is 25.4 Å². The summed E-state index contributed by atoms with van der Waals surface area (Å²) >= 11 is 12.5. The van der Waals surface area contributed by atoms with Crippen molar-refractivity contribution in [3.05, 3.63) is 73.4 Å². The predicted molar refractivity (Wildman–Crippen MR) is 142 cm³/mol. The number of hydrogen-bond acceptors (Lipinski definition) is 5. The highest BCUT2D eigenvalue weighted by Crippen LogP contribution is 2.37. The van der Waals surface area contributed by atoms with Crippen molar-refractivity contribution in [1.29, 1.82) is 0 Å². The maximum atomic E-state index is 14.9. The Morgan fingerprint density at radius 2 is 1.86 bits per heavy atom. The molecular weight excluding hydrogens is 520 g/mol. The number of nitrogens with one attached hydrogen (secondary N) is 3. The number of rotatable bonds is 4. The first kappa shape index (κ1) is 25.5. The Morgan fingerprint density at radius 1 is 1.11 bits per heavy atom. The first-order valence-corrected chi connectivity index (χ1v) is 12.9. The molecule has 1 unspecified atom stereocenters. The van der Waals surface area contributed by atoms with Gasteiger partial charge in [-0.3, -0.25) is 14.4 Å². The summed E-state index contributed by atoms with van der Waals surface area (Å²) in [5.41, 5.74) is 1.55. The molecule has 194 valence electrons. The summed E-state index contributed by atoms with van der Waals surface area (Å²) in [4.78, 5) is 44.5. The molecule has 2 aromatic carbocycles. The van der Waals surface area contributed by atoms with Crippen molar-refractivity contribution >= 4 is 51.5 Å².